The summed E-state index contributed by atoms with van der Waals surface area (Å²) in [5.74, 6) is -0.587. The Kier molecular flexibility index (Phi) is 4.75. The molecule has 0 unspecified atom stereocenters. The van der Waals surface area contributed by atoms with Gasteiger partial charge in [0.05, 0.1) is 17.6 Å². The van der Waals surface area contributed by atoms with Crippen molar-refractivity contribution in [3.05, 3.63) is 51.2 Å². The summed E-state index contributed by atoms with van der Waals surface area (Å²) in [4.78, 5) is 25.5. The maximum Gasteiger partial charge on any atom is 0.337 e. The first-order valence-corrected chi connectivity index (χ1v) is 7.45. The first-order valence-electron chi connectivity index (χ1n) is 6.64. The smallest absolute Gasteiger partial charge is 0.337 e. The van der Waals surface area contributed by atoms with Crippen molar-refractivity contribution in [1.82, 2.24) is 0 Å². The second-order valence-corrected chi connectivity index (χ2v) is 5.83. The quantitative estimate of drug-likeness (QED) is 0.877. The summed E-state index contributed by atoms with van der Waals surface area (Å²) in [6.45, 7) is 4.08. The highest BCUT2D eigenvalue weighted by Crippen LogP contribution is 2.23. The van der Waals surface area contributed by atoms with E-state index in [2.05, 4.69) is 17.0 Å². The second-order valence-electron chi connectivity index (χ2n) is 4.57. The fraction of sp³-hybridized carbons (Fsp3) is 0.250. The number of nitrogens with one attached hydrogen (secondary N) is 1. The van der Waals surface area contributed by atoms with Crippen LogP contribution in [0.4, 0.5) is 5.69 Å². The number of anilines is 1. The van der Waals surface area contributed by atoms with Crippen molar-refractivity contribution in [2.45, 2.75) is 20.3 Å². The Morgan fingerprint density at radius 2 is 2.05 bits per heavy atom. The van der Waals surface area contributed by atoms with Gasteiger partial charge in [-0.3, -0.25) is 4.79 Å². The number of aryl methyl sites for hydroxylation is 2. The number of carbonyl (C=O) groups excluding carboxylic acids is 2. The molecular weight excluding hydrogens is 286 g/mol. The van der Waals surface area contributed by atoms with Crippen molar-refractivity contribution in [2.75, 3.05) is 12.4 Å². The number of hydrogen-bond acceptors (Lipinski definition) is 4. The largest absolute Gasteiger partial charge is 0.465 e. The minimum Gasteiger partial charge on any atom is -0.465 e. The van der Waals surface area contributed by atoms with Gasteiger partial charge >= 0.3 is 5.97 Å². The van der Waals surface area contributed by atoms with Crippen molar-refractivity contribution < 1.29 is 14.3 Å². The van der Waals surface area contributed by atoms with E-state index in [1.165, 1.54) is 24.0 Å². The van der Waals surface area contributed by atoms with E-state index in [4.69, 9.17) is 0 Å². The van der Waals surface area contributed by atoms with Crippen LogP contribution in [0, 0.1) is 6.92 Å². The molecule has 21 heavy (non-hydrogen) atoms. The van der Waals surface area contributed by atoms with Gasteiger partial charge in [-0.05, 0) is 43.2 Å². The molecule has 0 saturated heterocycles. The molecule has 1 aromatic carbocycles. The highest BCUT2D eigenvalue weighted by molar-refractivity contribution is 7.14. The first kappa shape index (κ1) is 15.3. The summed E-state index contributed by atoms with van der Waals surface area (Å²) in [5.41, 5.74) is 2.17. The molecule has 110 valence electrons. The third kappa shape index (κ3) is 3.49. The molecule has 5 heteroatoms. The molecule has 0 aliphatic heterocycles. The zero-order valence-corrected chi connectivity index (χ0v) is 13.0. The maximum absolute atomic E-state index is 12.2. The van der Waals surface area contributed by atoms with Gasteiger partial charge < -0.3 is 10.1 Å². The molecule has 0 saturated carbocycles. The molecule has 0 aliphatic rings. The fourth-order valence-corrected chi connectivity index (χ4v) is 3.03. The summed E-state index contributed by atoms with van der Waals surface area (Å²) >= 11 is 1.48. The minimum atomic E-state index is -0.425. The Bertz CT molecular complexity index is 676. The molecule has 2 aromatic rings. The summed E-state index contributed by atoms with van der Waals surface area (Å²) in [7, 11) is 1.33. The van der Waals surface area contributed by atoms with Crippen LogP contribution in [0.5, 0.6) is 0 Å². The molecule has 0 aliphatic carbocycles. The Morgan fingerprint density at radius 3 is 2.67 bits per heavy atom. The monoisotopic (exact) mass is 303 g/mol. The lowest BCUT2D eigenvalue weighted by atomic mass is 10.2. The number of benzene rings is 1. The normalized spacial score (nSPS) is 10.2. The number of thiophene rings is 1. The van der Waals surface area contributed by atoms with Gasteiger partial charge in [-0.15, -0.1) is 11.3 Å². The topological polar surface area (TPSA) is 55.4 Å². The average molecular weight is 303 g/mol. The molecule has 0 radical (unpaired) electrons. The number of rotatable bonds is 4. The molecule has 4 nitrogen and oxygen atoms in total. The molecule has 2 rings (SSSR count). The van der Waals surface area contributed by atoms with Crippen LogP contribution >= 0.6 is 11.3 Å². The van der Waals surface area contributed by atoms with Crippen LogP contribution in [0.1, 0.15) is 37.4 Å². The summed E-state index contributed by atoms with van der Waals surface area (Å²) in [6, 6.07) is 8.61. The summed E-state index contributed by atoms with van der Waals surface area (Å²) in [6.07, 6.45) is 0.910. The van der Waals surface area contributed by atoms with E-state index >= 15 is 0 Å². The number of methoxy groups -OCH3 is 1. The van der Waals surface area contributed by atoms with Gasteiger partial charge in [-0.25, -0.2) is 4.79 Å². The van der Waals surface area contributed by atoms with Gasteiger partial charge in [0.1, 0.15) is 0 Å². The van der Waals surface area contributed by atoms with E-state index in [1.54, 1.807) is 24.3 Å². The van der Waals surface area contributed by atoms with E-state index in [0.29, 0.717) is 16.1 Å². The lowest BCUT2D eigenvalue weighted by molar-refractivity contribution is 0.0600. The highest BCUT2D eigenvalue weighted by Gasteiger charge is 2.13. The van der Waals surface area contributed by atoms with Gasteiger partial charge in [0.25, 0.3) is 5.91 Å². The van der Waals surface area contributed by atoms with Crippen molar-refractivity contribution in [1.29, 1.82) is 0 Å². The predicted octanol–water partition coefficient (Wildman–Crippen LogP) is 3.66. The number of esters is 1. The standard InChI is InChI=1S/C16H17NO3S/c1-4-11-9-14(21-10(11)2)15(18)17-13-7-5-6-12(8-13)16(19)20-3/h5-9H,4H2,1-3H3,(H,17,18). The molecule has 1 N–H and O–H groups in total. The Balaban J connectivity index is 2.17. The summed E-state index contributed by atoms with van der Waals surface area (Å²) in [5, 5.41) is 2.81. The van der Waals surface area contributed by atoms with E-state index in [0.717, 1.165) is 11.3 Å². The second kappa shape index (κ2) is 6.54. The Morgan fingerprint density at radius 1 is 1.29 bits per heavy atom. The zero-order valence-electron chi connectivity index (χ0n) is 12.2. The molecule has 1 aromatic heterocycles. The number of amides is 1. The first-order chi connectivity index (χ1) is 10.0. The summed E-state index contributed by atoms with van der Waals surface area (Å²) < 4.78 is 4.66. The minimum absolute atomic E-state index is 0.162. The van der Waals surface area contributed by atoms with Crippen molar-refractivity contribution in [2.24, 2.45) is 0 Å². The maximum atomic E-state index is 12.2. The highest BCUT2D eigenvalue weighted by atomic mass is 32.1. The van der Waals surface area contributed by atoms with Crippen molar-refractivity contribution in [3.8, 4) is 0 Å². The van der Waals surface area contributed by atoms with Crippen LogP contribution in [-0.4, -0.2) is 19.0 Å². The molecule has 0 bridgehead atoms. The van der Waals surface area contributed by atoms with Crippen LogP contribution < -0.4 is 5.32 Å². The van der Waals surface area contributed by atoms with Gasteiger partial charge in [-0.1, -0.05) is 13.0 Å². The molecule has 0 fully saturated rings. The van der Waals surface area contributed by atoms with E-state index < -0.39 is 5.97 Å². The molecule has 0 spiro atoms. The number of ether oxygens (including phenoxy) is 1. The van der Waals surface area contributed by atoms with Crippen LogP contribution in [0.3, 0.4) is 0 Å². The van der Waals surface area contributed by atoms with Crippen molar-refractivity contribution in [3.63, 3.8) is 0 Å². The third-order valence-electron chi connectivity index (χ3n) is 3.17. The SMILES string of the molecule is CCc1cc(C(=O)Nc2cccc(C(=O)OC)c2)sc1C. The van der Waals surface area contributed by atoms with Crippen LogP contribution in [0.2, 0.25) is 0 Å². The number of carbonyl (C=O) groups is 2. The lowest BCUT2D eigenvalue weighted by Crippen LogP contribution is -2.11. The third-order valence-corrected chi connectivity index (χ3v) is 4.26. The average Bonchev–Trinajstić information content (AvgIpc) is 2.88. The number of hydrogen-bond donors (Lipinski definition) is 1. The van der Waals surface area contributed by atoms with Crippen molar-refractivity contribution >= 4 is 28.9 Å². The molecule has 1 heterocycles. The van der Waals surface area contributed by atoms with Gasteiger partial charge in [0, 0.05) is 10.6 Å². The predicted molar refractivity (Wildman–Crippen MR) is 84.2 cm³/mol. The molecular formula is C16H17NO3S. The van der Waals surface area contributed by atoms with Gasteiger partial charge in [-0.2, -0.15) is 0 Å². The Labute approximate surface area is 127 Å². The van der Waals surface area contributed by atoms with E-state index in [9.17, 15) is 9.59 Å². The van der Waals surface area contributed by atoms with Crippen LogP contribution in [0.25, 0.3) is 0 Å². The lowest BCUT2D eigenvalue weighted by Gasteiger charge is -2.05. The van der Waals surface area contributed by atoms with E-state index in [1.807, 2.05) is 13.0 Å². The van der Waals surface area contributed by atoms with Crippen LogP contribution in [0.15, 0.2) is 30.3 Å². The Hall–Kier alpha value is -2.14. The molecule has 1 amide bonds. The van der Waals surface area contributed by atoms with Gasteiger partial charge in [0.2, 0.25) is 0 Å². The van der Waals surface area contributed by atoms with Crippen LogP contribution in [-0.2, 0) is 11.2 Å². The van der Waals surface area contributed by atoms with E-state index in [-0.39, 0.29) is 5.91 Å². The fourth-order valence-electron chi connectivity index (χ4n) is 2.02. The molecule has 0 atom stereocenters. The zero-order chi connectivity index (χ0) is 15.4. The van der Waals surface area contributed by atoms with Gasteiger partial charge in [0.15, 0.2) is 0 Å².